The molecule has 0 aliphatic carbocycles. The highest BCUT2D eigenvalue weighted by Crippen LogP contribution is 2.22. The van der Waals surface area contributed by atoms with E-state index in [1.54, 1.807) is 13.2 Å². The molecule has 2 rings (SSSR count). The van der Waals surface area contributed by atoms with Crippen molar-refractivity contribution in [2.45, 2.75) is 59.4 Å². The topological polar surface area (TPSA) is 88.5 Å². The van der Waals surface area contributed by atoms with Crippen molar-refractivity contribution < 1.29 is 8.94 Å². The normalized spacial score (nSPS) is 12.5. The van der Waals surface area contributed by atoms with Crippen molar-refractivity contribution in [1.82, 2.24) is 20.8 Å². The molecular weight excluding hydrogens is 318 g/mol. The largest absolute Gasteiger partial charge is 0.443 e. The lowest BCUT2D eigenvalue weighted by Gasteiger charge is -2.13. The fourth-order valence-corrected chi connectivity index (χ4v) is 2.45. The van der Waals surface area contributed by atoms with Crippen LogP contribution in [-0.2, 0) is 18.4 Å². The molecule has 2 aromatic heterocycles. The Bertz CT molecular complexity index is 690. The van der Waals surface area contributed by atoms with E-state index in [0.29, 0.717) is 12.4 Å². The first-order valence-corrected chi connectivity index (χ1v) is 8.62. The summed E-state index contributed by atoms with van der Waals surface area (Å²) in [7, 11) is 1.75. The number of guanidine groups is 1. The van der Waals surface area contributed by atoms with Gasteiger partial charge in [-0.1, -0.05) is 25.9 Å². The minimum Gasteiger partial charge on any atom is -0.443 e. The van der Waals surface area contributed by atoms with Gasteiger partial charge < -0.3 is 19.6 Å². The quantitative estimate of drug-likeness (QED) is 0.474. The van der Waals surface area contributed by atoms with Crippen molar-refractivity contribution in [3.05, 3.63) is 34.9 Å². The predicted molar refractivity (Wildman–Crippen MR) is 97.7 cm³/mol. The number of nitrogens with one attached hydrogen (secondary N) is 2. The molecule has 0 aliphatic rings. The summed E-state index contributed by atoms with van der Waals surface area (Å²) >= 11 is 0. The molecule has 2 heterocycles. The number of nitrogens with zero attached hydrogens (tertiary/aromatic N) is 3. The van der Waals surface area contributed by atoms with Crippen molar-refractivity contribution in [1.29, 1.82) is 0 Å². The van der Waals surface area contributed by atoms with Crippen molar-refractivity contribution in [2.75, 3.05) is 13.6 Å². The molecule has 0 bridgehead atoms. The molecule has 0 spiro atoms. The van der Waals surface area contributed by atoms with Gasteiger partial charge in [-0.3, -0.25) is 4.99 Å². The average Bonchev–Trinajstić information content (AvgIpc) is 3.15. The van der Waals surface area contributed by atoms with Crippen molar-refractivity contribution in [3.63, 3.8) is 0 Å². The summed E-state index contributed by atoms with van der Waals surface area (Å²) in [5, 5.41) is 10.5. The van der Waals surface area contributed by atoms with E-state index in [4.69, 9.17) is 8.94 Å². The van der Waals surface area contributed by atoms with Gasteiger partial charge in [0.15, 0.2) is 5.96 Å². The van der Waals surface area contributed by atoms with Gasteiger partial charge in [0.25, 0.3) is 0 Å². The first-order valence-electron chi connectivity index (χ1n) is 8.62. The molecule has 25 heavy (non-hydrogen) atoms. The molecule has 0 saturated carbocycles. The lowest BCUT2D eigenvalue weighted by Crippen LogP contribution is -2.37. The van der Waals surface area contributed by atoms with Gasteiger partial charge in [0.2, 0.25) is 5.89 Å². The van der Waals surface area contributed by atoms with E-state index in [1.807, 2.05) is 13.8 Å². The second kappa shape index (κ2) is 8.18. The van der Waals surface area contributed by atoms with Gasteiger partial charge in [0.1, 0.15) is 11.5 Å². The van der Waals surface area contributed by atoms with Crippen LogP contribution in [0, 0.1) is 13.8 Å². The molecule has 0 saturated heterocycles. The van der Waals surface area contributed by atoms with Gasteiger partial charge in [-0.15, -0.1) is 0 Å². The molecule has 2 aromatic rings. The molecule has 0 aliphatic heterocycles. The SMILES string of the molecule is CN=C(NCCCc1c(C)noc1C)NCc1ncc(C(C)(C)C)o1. The van der Waals surface area contributed by atoms with Crippen LogP contribution in [-0.4, -0.2) is 29.7 Å². The molecule has 0 fully saturated rings. The summed E-state index contributed by atoms with van der Waals surface area (Å²) in [4.78, 5) is 8.53. The number of hydrogen-bond acceptors (Lipinski definition) is 5. The summed E-state index contributed by atoms with van der Waals surface area (Å²) < 4.78 is 11.0. The summed E-state index contributed by atoms with van der Waals surface area (Å²) in [6.07, 6.45) is 3.69. The van der Waals surface area contributed by atoms with Crippen LogP contribution >= 0.6 is 0 Å². The maximum atomic E-state index is 5.77. The summed E-state index contributed by atoms with van der Waals surface area (Å²) in [6.45, 7) is 11.5. The van der Waals surface area contributed by atoms with Gasteiger partial charge in [0.05, 0.1) is 18.4 Å². The third-order valence-corrected chi connectivity index (χ3v) is 4.00. The van der Waals surface area contributed by atoms with Crippen LogP contribution in [0.25, 0.3) is 0 Å². The van der Waals surface area contributed by atoms with Crippen molar-refractivity contribution >= 4 is 5.96 Å². The zero-order chi connectivity index (χ0) is 18.4. The maximum absolute atomic E-state index is 5.77. The van der Waals surface area contributed by atoms with E-state index in [1.165, 1.54) is 5.56 Å². The highest BCUT2D eigenvalue weighted by Gasteiger charge is 2.19. The summed E-state index contributed by atoms with van der Waals surface area (Å²) in [6, 6.07) is 0. The average molecular weight is 347 g/mol. The van der Waals surface area contributed by atoms with Crippen LogP contribution in [0.5, 0.6) is 0 Å². The lowest BCUT2D eigenvalue weighted by atomic mass is 9.94. The standard InChI is InChI=1S/C18H29N5O2/c1-12-14(13(2)25-23-12)8-7-9-20-17(19-6)22-11-16-21-10-15(24-16)18(3,4)5/h10H,7-9,11H2,1-6H3,(H2,19,20,22). The number of aliphatic imine (C=N–C) groups is 1. The first kappa shape index (κ1) is 19.0. The fraction of sp³-hybridized carbons (Fsp3) is 0.611. The molecule has 2 N–H and O–H groups in total. The van der Waals surface area contributed by atoms with E-state index in [2.05, 4.69) is 46.5 Å². The minimum absolute atomic E-state index is 0.0383. The number of aryl methyl sites for hydroxylation is 2. The summed E-state index contributed by atoms with van der Waals surface area (Å²) in [5.74, 6) is 3.17. The number of oxazole rings is 1. The molecule has 0 radical (unpaired) electrons. The molecule has 0 amide bonds. The molecule has 7 heteroatoms. The van der Waals surface area contributed by atoms with Crippen LogP contribution in [0.4, 0.5) is 0 Å². The number of aromatic nitrogens is 2. The smallest absolute Gasteiger partial charge is 0.213 e. The zero-order valence-electron chi connectivity index (χ0n) is 16.1. The Morgan fingerprint density at radius 1 is 1.24 bits per heavy atom. The van der Waals surface area contributed by atoms with Crippen LogP contribution in [0.2, 0.25) is 0 Å². The second-order valence-corrected chi connectivity index (χ2v) is 7.13. The molecule has 0 atom stereocenters. The molecule has 0 aromatic carbocycles. The number of hydrogen-bond donors (Lipinski definition) is 2. The van der Waals surface area contributed by atoms with Gasteiger partial charge in [-0.25, -0.2) is 4.98 Å². The van der Waals surface area contributed by atoms with E-state index in [-0.39, 0.29) is 5.41 Å². The zero-order valence-corrected chi connectivity index (χ0v) is 16.1. The van der Waals surface area contributed by atoms with Gasteiger partial charge in [-0.05, 0) is 26.7 Å². The third-order valence-electron chi connectivity index (χ3n) is 4.00. The van der Waals surface area contributed by atoms with E-state index in [9.17, 15) is 0 Å². The Labute approximate surface area is 149 Å². The number of rotatable bonds is 6. The van der Waals surface area contributed by atoms with E-state index < -0.39 is 0 Å². The second-order valence-electron chi connectivity index (χ2n) is 7.13. The maximum Gasteiger partial charge on any atom is 0.213 e. The minimum atomic E-state index is -0.0383. The Morgan fingerprint density at radius 3 is 2.56 bits per heavy atom. The van der Waals surface area contributed by atoms with Crippen molar-refractivity contribution in [2.24, 2.45) is 4.99 Å². The molecule has 138 valence electrons. The highest BCUT2D eigenvalue weighted by atomic mass is 16.5. The van der Waals surface area contributed by atoms with Gasteiger partial charge in [-0.2, -0.15) is 0 Å². The van der Waals surface area contributed by atoms with E-state index >= 15 is 0 Å². The van der Waals surface area contributed by atoms with Crippen LogP contribution < -0.4 is 10.6 Å². The highest BCUT2D eigenvalue weighted by molar-refractivity contribution is 5.79. The first-order chi connectivity index (χ1) is 11.8. The van der Waals surface area contributed by atoms with E-state index in [0.717, 1.165) is 42.6 Å². The third kappa shape index (κ3) is 5.34. The van der Waals surface area contributed by atoms with Gasteiger partial charge >= 0.3 is 0 Å². The Morgan fingerprint density at radius 2 is 2.00 bits per heavy atom. The fourth-order valence-electron chi connectivity index (χ4n) is 2.45. The van der Waals surface area contributed by atoms with Crippen molar-refractivity contribution in [3.8, 4) is 0 Å². The Kier molecular flexibility index (Phi) is 6.22. The van der Waals surface area contributed by atoms with Crippen LogP contribution in [0.15, 0.2) is 20.1 Å². The Balaban J connectivity index is 1.75. The molecule has 0 unspecified atom stereocenters. The van der Waals surface area contributed by atoms with Gasteiger partial charge in [0, 0.05) is 24.6 Å². The summed E-state index contributed by atoms with van der Waals surface area (Å²) in [5.41, 5.74) is 2.13. The monoisotopic (exact) mass is 347 g/mol. The molecule has 7 nitrogen and oxygen atoms in total. The van der Waals surface area contributed by atoms with Crippen LogP contribution in [0.1, 0.15) is 55.9 Å². The molecular formula is C18H29N5O2. The van der Waals surface area contributed by atoms with Crippen LogP contribution in [0.3, 0.4) is 0 Å². The Hall–Kier alpha value is -2.31. The predicted octanol–water partition coefficient (Wildman–Crippen LogP) is 2.87. The lowest BCUT2D eigenvalue weighted by molar-refractivity contribution is 0.379.